The van der Waals surface area contributed by atoms with Gasteiger partial charge in [-0.05, 0) is 80.9 Å². The molecule has 0 aromatic heterocycles. The Bertz CT molecular complexity index is 1320. The van der Waals surface area contributed by atoms with Gasteiger partial charge in [0.2, 0.25) is 5.91 Å². The Hall–Kier alpha value is -3.69. The summed E-state index contributed by atoms with van der Waals surface area (Å²) in [6.45, 7) is 4.32. The third-order valence-corrected chi connectivity index (χ3v) is 9.31. The largest absolute Gasteiger partial charge is 0.481 e. The highest BCUT2D eigenvalue weighted by Gasteiger charge is 2.35. The number of nitrogens with two attached hydrogens (primary N) is 2. The Kier molecular flexibility index (Phi) is 15.4. The highest BCUT2D eigenvalue weighted by atomic mass is 16.4. The summed E-state index contributed by atoms with van der Waals surface area (Å²) in [5.74, 6) is -3.31. The molecule has 3 rings (SSSR count). The van der Waals surface area contributed by atoms with Crippen molar-refractivity contribution in [2.24, 2.45) is 41.1 Å². The van der Waals surface area contributed by atoms with Gasteiger partial charge in [0.25, 0.3) is 0 Å². The van der Waals surface area contributed by atoms with Crippen molar-refractivity contribution in [3.8, 4) is 0 Å². The molecule has 1 amide bonds. The van der Waals surface area contributed by atoms with Crippen LogP contribution in [-0.4, -0.2) is 53.0 Å². The van der Waals surface area contributed by atoms with Gasteiger partial charge in [-0.1, -0.05) is 74.5 Å². The third-order valence-electron chi connectivity index (χ3n) is 9.31. The number of hydrogen-bond acceptors (Lipinski definition) is 7. The fourth-order valence-corrected chi connectivity index (χ4v) is 6.63. The van der Waals surface area contributed by atoms with E-state index in [0.717, 1.165) is 11.1 Å². The summed E-state index contributed by atoms with van der Waals surface area (Å²) in [6, 6.07) is 17.4. The minimum absolute atomic E-state index is 0.00483. The van der Waals surface area contributed by atoms with Crippen LogP contribution in [0.25, 0.3) is 0 Å². The van der Waals surface area contributed by atoms with E-state index in [2.05, 4.69) is 5.32 Å². The summed E-state index contributed by atoms with van der Waals surface area (Å²) in [4.78, 5) is 65.9. The second kappa shape index (κ2) is 19.2. The van der Waals surface area contributed by atoms with Crippen LogP contribution in [0.3, 0.4) is 0 Å². The minimum atomic E-state index is -0.826. The second-order valence-electron chi connectivity index (χ2n) is 13.7. The van der Waals surface area contributed by atoms with E-state index in [9.17, 15) is 29.1 Å². The average Bonchev–Trinajstić information content (AvgIpc) is 3.51. The van der Waals surface area contributed by atoms with Crippen molar-refractivity contribution in [1.82, 2.24) is 5.32 Å². The number of amides is 1. The standard InChI is InChI=1S/C38H53N3O6/c1-25(2)18-33(36(44)23-29(14-9-17-39)34(42)22-28-15-16-30(20-28)38(46)47)41-37(45)31(19-26-10-5-3-6-11-26)24-35(43)32(40)21-27-12-7-4-8-13-27/h3-8,10-13,25,28-33H,9,14-24,39-40H2,1-2H3,(H,41,45)(H,46,47)/t28-,29-,30-,31-,32+,33+/m0/s1. The average molecular weight is 648 g/mol. The zero-order valence-electron chi connectivity index (χ0n) is 27.9. The molecule has 9 nitrogen and oxygen atoms in total. The van der Waals surface area contributed by atoms with Crippen molar-refractivity contribution in [3.05, 3.63) is 71.8 Å². The number of aliphatic carboxylic acids is 1. The van der Waals surface area contributed by atoms with Crippen LogP contribution < -0.4 is 16.8 Å². The van der Waals surface area contributed by atoms with Crippen LogP contribution in [0.5, 0.6) is 0 Å². The Labute approximate surface area is 279 Å². The van der Waals surface area contributed by atoms with Crippen LogP contribution in [0.15, 0.2) is 60.7 Å². The topological polar surface area (TPSA) is 170 Å². The van der Waals surface area contributed by atoms with Crippen molar-refractivity contribution < 1.29 is 29.1 Å². The Morgan fingerprint density at radius 1 is 0.830 bits per heavy atom. The molecular weight excluding hydrogens is 594 g/mol. The van der Waals surface area contributed by atoms with E-state index in [0.29, 0.717) is 57.9 Å². The van der Waals surface area contributed by atoms with Gasteiger partial charge in [-0.3, -0.25) is 24.0 Å². The van der Waals surface area contributed by atoms with E-state index in [-0.39, 0.29) is 54.4 Å². The molecule has 1 aliphatic carbocycles. The number of nitrogens with one attached hydrogen (secondary N) is 1. The monoisotopic (exact) mass is 647 g/mol. The Morgan fingerprint density at radius 2 is 1.43 bits per heavy atom. The summed E-state index contributed by atoms with van der Waals surface area (Å²) in [6.07, 6.45) is 4.00. The quantitative estimate of drug-likeness (QED) is 0.151. The Balaban J connectivity index is 1.73. The third kappa shape index (κ3) is 12.8. The molecule has 0 bridgehead atoms. The number of hydrogen-bond donors (Lipinski definition) is 4. The van der Waals surface area contributed by atoms with Crippen molar-refractivity contribution >= 4 is 29.2 Å². The summed E-state index contributed by atoms with van der Waals surface area (Å²) in [7, 11) is 0. The van der Waals surface area contributed by atoms with Crippen LogP contribution in [0.2, 0.25) is 0 Å². The predicted molar refractivity (Wildman–Crippen MR) is 182 cm³/mol. The summed E-state index contributed by atoms with van der Waals surface area (Å²) in [5, 5.41) is 12.3. The number of benzene rings is 2. The maximum atomic E-state index is 13.9. The van der Waals surface area contributed by atoms with Crippen LogP contribution in [0.1, 0.15) is 82.8 Å². The molecule has 6 atom stereocenters. The molecular formula is C38H53N3O6. The first-order valence-corrected chi connectivity index (χ1v) is 17.1. The predicted octanol–water partition coefficient (Wildman–Crippen LogP) is 4.68. The second-order valence-corrected chi connectivity index (χ2v) is 13.7. The van der Waals surface area contributed by atoms with Crippen LogP contribution in [-0.2, 0) is 36.8 Å². The molecule has 9 heteroatoms. The Morgan fingerprint density at radius 3 is 1.98 bits per heavy atom. The lowest BCUT2D eigenvalue weighted by Gasteiger charge is -2.25. The van der Waals surface area contributed by atoms with E-state index in [4.69, 9.17) is 11.5 Å². The van der Waals surface area contributed by atoms with Gasteiger partial charge in [0.15, 0.2) is 11.6 Å². The number of carboxylic acid groups (broad SMARTS) is 1. The number of carbonyl (C=O) groups is 5. The van der Waals surface area contributed by atoms with Gasteiger partial charge in [-0.2, -0.15) is 0 Å². The fraction of sp³-hybridized carbons (Fsp3) is 0.553. The molecule has 1 fully saturated rings. The first-order valence-electron chi connectivity index (χ1n) is 17.1. The normalized spacial score (nSPS) is 18.7. The lowest BCUT2D eigenvalue weighted by Crippen LogP contribution is -2.46. The molecule has 0 spiro atoms. The molecule has 47 heavy (non-hydrogen) atoms. The van der Waals surface area contributed by atoms with Gasteiger partial charge in [0.1, 0.15) is 5.78 Å². The number of Topliss-reactive ketones (excluding diaryl/α,β-unsaturated/α-hetero) is 3. The minimum Gasteiger partial charge on any atom is -0.481 e. The summed E-state index contributed by atoms with van der Waals surface area (Å²) >= 11 is 0. The summed E-state index contributed by atoms with van der Waals surface area (Å²) in [5.41, 5.74) is 13.9. The number of carbonyl (C=O) groups excluding carboxylic acids is 4. The molecule has 6 N–H and O–H groups in total. The van der Waals surface area contributed by atoms with Crippen LogP contribution in [0, 0.1) is 29.6 Å². The molecule has 2 aromatic carbocycles. The lowest BCUT2D eigenvalue weighted by atomic mass is 9.84. The number of rotatable bonds is 21. The van der Waals surface area contributed by atoms with Crippen LogP contribution >= 0.6 is 0 Å². The lowest BCUT2D eigenvalue weighted by molar-refractivity contribution is -0.141. The SMILES string of the molecule is CC(C)C[C@@H](NC(=O)[C@H](CC(=O)[C@H](N)Cc1ccccc1)Cc1ccccc1)C(=O)C[C@H](CCCN)C(=O)C[C@H]1CC[C@H](C(=O)O)C1. The molecule has 1 saturated carbocycles. The first kappa shape index (κ1) is 37.8. The molecule has 0 aliphatic heterocycles. The number of carboxylic acids is 1. The highest BCUT2D eigenvalue weighted by Crippen LogP contribution is 2.35. The molecule has 0 saturated heterocycles. The van der Waals surface area contributed by atoms with E-state index >= 15 is 0 Å². The van der Waals surface area contributed by atoms with E-state index in [1.54, 1.807) is 0 Å². The van der Waals surface area contributed by atoms with E-state index in [1.165, 1.54) is 0 Å². The maximum Gasteiger partial charge on any atom is 0.306 e. The molecule has 0 heterocycles. The van der Waals surface area contributed by atoms with Gasteiger partial charge >= 0.3 is 5.97 Å². The molecule has 1 aliphatic rings. The van der Waals surface area contributed by atoms with Gasteiger partial charge in [0.05, 0.1) is 18.0 Å². The van der Waals surface area contributed by atoms with E-state index < -0.39 is 35.8 Å². The van der Waals surface area contributed by atoms with Crippen molar-refractivity contribution in [3.63, 3.8) is 0 Å². The van der Waals surface area contributed by atoms with Crippen LogP contribution in [0.4, 0.5) is 0 Å². The maximum absolute atomic E-state index is 13.9. The van der Waals surface area contributed by atoms with Gasteiger partial charge in [0, 0.05) is 31.1 Å². The number of ketones is 3. The van der Waals surface area contributed by atoms with Crippen molar-refractivity contribution in [1.29, 1.82) is 0 Å². The zero-order valence-corrected chi connectivity index (χ0v) is 27.9. The molecule has 256 valence electrons. The van der Waals surface area contributed by atoms with E-state index in [1.807, 2.05) is 74.5 Å². The molecule has 2 aromatic rings. The van der Waals surface area contributed by atoms with Gasteiger partial charge in [-0.25, -0.2) is 0 Å². The first-order chi connectivity index (χ1) is 22.5. The zero-order chi connectivity index (χ0) is 34.3. The molecule has 0 unspecified atom stereocenters. The van der Waals surface area contributed by atoms with Gasteiger partial charge < -0.3 is 21.9 Å². The highest BCUT2D eigenvalue weighted by molar-refractivity contribution is 5.95. The van der Waals surface area contributed by atoms with Crippen molar-refractivity contribution in [2.75, 3.05) is 6.54 Å². The van der Waals surface area contributed by atoms with Crippen molar-refractivity contribution in [2.45, 2.75) is 96.6 Å². The molecule has 0 radical (unpaired) electrons. The smallest absolute Gasteiger partial charge is 0.306 e. The van der Waals surface area contributed by atoms with Gasteiger partial charge in [-0.15, -0.1) is 0 Å². The summed E-state index contributed by atoms with van der Waals surface area (Å²) < 4.78 is 0. The fourth-order valence-electron chi connectivity index (χ4n) is 6.63.